The minimum atomic E-state index is -0.536. The predicted molar refractivity (Wildman–Crippen MR) is 144 cm³/mol. The summed E-state index contributed by atoms with van der Waals surface area (Å²) in [6.07, 6.45) is 14.7. The Labute approximate surface area is 209 Å². The predicted octanol–water partition coefficient (Wildman–Crippen LogP) is 7.00. The molecule has 0 fully saturated rings. The SMILES string of the molecule is C.C#CC#CC#C.CCCCCCC(C)OC(=O)c1ccc(OC(=O)c2ccc(O)cc2)cc1.[HH].[HH].[HH].[HH]. The molecule has 0 bridgehead atoms. The minimum absolute atomic E-state index is 0. The third kappa shape index (κ3) is 12.0. The second kappa shape index (κ2) is 17.4. The largest absolute Gasteiger partial charge is 0.508 e. The van der Waals surface area contributed by atoms with E-state index in [1.807, 2.05) is 6.92 Å². The van der Waals surface area contributed by atoms with Crippen molar-refractivity contribution < 1.29 is 29.9 Å². The molecule has 0 amide bonds. The summed E-state index contributed by atoms with van der Waals surface area (Å²) in [6.45, 7) is 4.06. The van der Waals surface area contributed by atoms with Crippen LogP contribution in [-0.2, 0) is 4.74 Å². The van der Waals surface area contributed by atoms with Gasteiger partial charge in [-0.25, -0.2) is 9.59 Å². The zero-order chi connectivity index (χ0) is 24.5. The highest BCUT2D eigenvalue weighted by Crippen LogP contribution is 2.17. The van der Waals surface area contributed by atoms with Crippen LogP contribution in [0, 0.1) is 36.5 Å². The van der Waals surface area contributed by atoms with Crippen molar-refractivity contribution in [3.63, 3.8) is 0 Å². The van der Waals surface area contributed by atoms with E-state index >= 15 is 0 Å². The van der Waals surface area contributed by atoms with Crippen LogP contribution in [0.5, 0.6) is 11.5 Å². The molecule has 186 valence electrons. The topological polar surface area (TPSA) is 72.8 Å². The molecule has 0 saturated heterocycles. The molecule has 5 heteroatoms. The van der Waals surface area contributed by atoms with E-state index in [2.05, 4.69) is 30.6 Å². The smallest absolute Gasteiger partial charge is 0.343 e. The van der Waals surface area contributed by atoms with Gasteiger partial charge in [-0.1, -0.05) is 33.6 Å². The highest BCUT2D eigenvalue weighted by atomic mass is 16.5. The lowest BCUT2D eigenvalue weighted by Crippen LogP contribution is -2.15. The fourth-order valence-corrected chi connectivity index (χ4v) is 2.66. The molecule has 5 nitrogen and oxygen atoms in total. The Balaban J connectivity index is -0.000000297. The van der Waals surface area contributed by atoms with E-state index in [1.165, 1.54) is 37.1 Å². The number of benzene rings is 2. The van der Waals surface area contributed by atoms with Crippen LogP contribution in [0.2, 0.25) is 0 Å². The maximum absolute atomic E-state index is 12.2. The van der Waals surface area contributed by atoms with E-state index in [0.29, 0.717) is 16.9 Å². The highest BCUT2D eigenvalue weighted by molar-refractivity contribution is 5.92. The number of phenols is 1. The van der Waals surface area contributed by atoms with Crippen molar-refractivity contribution in [1.29, 1.82) is 0 Å². The second-order valence-corrected chi connectivity index (χ2v) is 7.06. The van der Waals surface area contributed by atoms with Crippen molar-refractivity contribution in [2.45, 2.75) is 59.5 Å². The molecule has 2 aromatic carbocycles. The van der Waals surface area contributed by atoms with Crippen molar-refractivity contribution in [3.8, 4) is 48.0 Å². The fraction of sp³-hybridized carbons (Fsp3) is 0.310. The number of aromatic hydroxyl groups is 1. The lowest BCUT2D eigenvalue weighted by molar-refractivity contribution is 0.0319. The molecular weight excluding hydrogens is 428 g/mol. The van der Waals surface area contributed by atoms with Gasteiger partial charge in [0.1, 0.15) is 11.5 Å². The normalized spacial score (nSPS) is 9.76. The van der Waals surface area contributed by atoms with Gasteiger partial charge in [-0.3, -0.25) is 0 Å². The number of ether oxygens (including phenoxy) is 2. The number of hydrogen-bond acceptors (Lipinski definition) is 5. The van der Waals surface area contributed by atoms with E-state index in [1.54, 1.807) is 24.3 Å². The summed E-state index contributed by atoms with van der Waals surface area (Å²) in [7, 11) is 0. The van der Waals surface area contributed by atoms with E-state index < -0.39 is 5.97 Å². The van der Waals surface area contributed by atoms with E-state index in [0.717, 1.165) is 19.3 Å². The summed E-state index contributed by atoms with van der Waals surface area (Å²) in [5.41, 5.74) is 0.744. The van der Waals surface area contributed by atoms with Gasteiger partial charge in [-0.15, -0.1) is 12.8 Å². The average Bonchev–Trinajstić information content (AvgIpc) is 2.81. The minimum Gasteiger partial charge on any atom is -0.508 e. The summed E-state index contributed by atoms with van der Waals surface area (Å²) in [5.74, 6) is 8.10. The zero-order valence-corrected chi connectivity index (χ0v) is 19.0. The summed E-state index contributed by atoms with van der Waals surface area (Å²) >= 11 is 0. The zero-order valence-electron chi connectivity index (χ0n) is 19.0. The van der Waals surface area contributed by atoms with E-state index in [-0.39, 0.29) is 31.0 Å². The Morgan fingerprint density at radius 2 is 1.44 bits per heavy atom. The summed E-state index contributed by atoms with van der Waals surface area (Å²) < 4.78 is 10.7. The lowest BCUT2D eigenvalue weighted by atomic mass is 10.1. The maximum atomic E-state index is 12.2. The Kier molecular flexibility index (Phi) is 15.3. The molecule has 1 atom stereocenters. The monoisotopic (exact) mass is 468 g/mol. The number of rotatable bonds is 9. The van der Waals surface area contributed by atoms with Gasteiger partial charge in [0.25, 0.3) is 0 Å². The van der Waals surface area contributed by atoms with Crippen LogP contribution >= 0.6 is 0 Å². The summed E-state index contributed by atoms with van der Waals surface area (Å²) in [6, 6.07) is 12.0. The van der Waals surface area contributed by atoms with Crippen molar-refractivity contribution in [2.24, 2.45) is 0 Å². The molecule has 0 saturated carbocycles. The second-order valence-electron chi connectivity index (χ2n) is 7.06. The first kappa shape index (κ1) is 29.9. The summed E-state index contributed by atoms with van der Waals surface area (Å²) in [5, 5.41) is 9.25. The molecule has 34 heavy (non-hydrogen) atoms. The number of carbonyl (C=O) groups is 2. The molecule has 0 aliphatic rings. The van der Waals surface area contributed by atoms with Gasteiger partial charge in [0, 0.05) is 5.71 Å². The van der Waals surface area contributed by atoms with Crippen LogP contribution in [0.4, 0.5) is 0 Å². The first-order valence-corrected chi connectivity index (χ1v) is 10.6. The number of unbranched alkanes of at least 4 members (excludes halogenated alkanes) is 3. The van der Waals surface area contributed by atoms with Crippen molar-refractivity contribution >= 4 is 11.9 Å². The Hall–Kier alpha value is -4.14. The standard InChI is InChI=1S/C22H26O5.C6H2.CH4.4H2/c1-3-4-5-6-7-16(2)26-21(24)18-10-14-20(15-11-18)27-22(25)17-8-12-19(23)13-9-17;1-3-5-6-4-2;;;;;/h8-16,23H,3-7H2,1-2H3;1-2H;1H4;4*1H. The van der Waals surface area contributed by atoms with Crippen LogP contribution in [0.3, 0.4) is 0 Å². The van der Waals surface area contributed by atoms with Crippen LogP contribution in [-0.4, -0.2) is 23.1 Å². The lowest BCUT2D eigenvalue weighted by Gasteiger charge is -2.13. The maximum Gasteiger partial charge on any atom is 0.343 e. The summed E-state index contributed by atoms with van der Waals surface area (Å²) in [4.78, 5) is 24.2. The molecule has 2 rings (SSSR count). The first-order chi connectivity index (χ1) is 15.9. The molecule has 0 spiro atoms. The van der Waals surface area contributed by atoms with Crippen LogP contribution in [0.15, 0.2) is 48.5 Å². The quantitative estimate of drug-likeness (QED) is 0.186. The highest BCUT2D eigenvalue weighted by Gasteiger charge is 2.13. The molecule has 1 N–H and O–H groups in total. The van der Waals surface area contributed by atoms with Crippen LogP contribution in [0.25, 0.3) is 0 Å². The van der Waals surface area contributed by atoms with Crippen molar-refractivity contribution in [2.75, 3.05) is 0 Å². The Morgan fingerprint density at radius 1 is 0.912 bits per heavy atom. The molecule has 0 aliphatic carbocycles. The van der Waals surface area contributed by atoms with Gasteiger partial charge < -0.3 is 14.6 Å². The third-order valence-corrected chi connectivity index (χ3v) is 4.38. The van der Waals surface area contributed by atoms with Crippen LogP contribution in [0.1, 0.15) is 79.8 Å². The molecule has 0 heterocycles. The van der Waals surface area contributed by atoms with Gasteiger partial charge in [-0.05, 0) is 92.0 Å². The fourth-order valence-electron chi connectivity index (χ4n) is 2.66. The Morgan fingerprint density at radius 3 is 1.97 bits per heavy atom. The molecule has 0 aliphatic heterocycles. The third-order valence-electron chi connectivity index (χ3n) is 4.38. The van der Waals surface area contributed by atoms with Gasteiger partial charge in [0.05, 0.1) is 17.2 Å². The molecule has 2 aromatic rings. The number of esters is 2. The van der Waals surface area contributed by atoms with Gasteiger partial charge in [0.2, 0.25) is 0 Å². The molecule has 1 unspecified atom stereocenters. The Bertz CT molecular complexity index is 1030. The van der Waals surface area contributed by atoms with Gasteiger partial charge in [-0.2, -0.15) is 0 Å². The molecule has 0 aromatic heterocycles. The van der Waals surface area contributed by atoms with Crippen LogP contribution < -0.4 is 4.74 Å². The number of hydrogen-bond donors (Lipinski definition) is 1. The van der Waals surface area contributed by atoms with Gasteiger partial charge in [0.15, 0.2) is 0 Å². The molecular formula is C29H40O5. The molecule has 0 radical (unpaired) electrons. The van der Waals surface area contributed by atoms with Crippen molar-refractivity contribution in [3.05, 3.63) is 59.7 Å². The number of terminal acetylenes is 2. The van der Waals surface area contributed by atoms with Crippen molar-refractivity contribution in [1.82, 2.24) is 0 Å². The average molecular weight is 469 g/mol. The van der Waals surface area contributed by atoms with E-state index in [4.69, 9.17) is 22.3 Å². The number of phenolic OH excluding ortho intramolecular Hbond substituents is 1. The first-order valence-electron chi connectivity index (χ1n) is 10.6. The number of carbonyl (C=O) groups excluding carboxylic acids is 2. The van der Waals surface area contributed by atoms with E-state index in [9.17, 15) is 14.7 Å². The van der Waals surface area contributed by atoms with Gasteiger partial charge >= 0.3 is 11.9 Å².